The predicted molar refractivity (Wildman–Crippen MR) is 75.5 cm³/mol. The number of nitrogens with one attached hydrogen (secondary N) is 2. The molecule has 7 nitrogen and oxygen atoms in total. The van der Waals surface area contributed by atoms with Gasteiger partial charge in [-0.3, -0.25) is 4.79 Å². The summed E-state index contributed by atoms with van der Waals surface area (Å²) in [4.78, 5) is 22.7. The number of benzene rings is 1. The Kier molecular flexibility index (Phi) is 3.78. The molecule has 1 saturated heterocycles. The lowest BCUT2D eigenvalue weighted by molar-refractivity contribution is -0.123. The number of rotatable bonds is 4. The highest BCUT2D eigenvalue weighted by Gasteiger charge is 2.28. The summed E-state index contributed by atoms with van der Waals surface area (Å²) >= 11 is 1.42. The minimum absolute atomic E-state index is 0.0516. The van der Waals surface area contributed by atoms with E-state index in [0.717, 1.165) is 10.6 Å². The zero-order chi connectivity index (χ0) is 14.7. The maximum absolute atomic E-state index is 11.8. The van der Waals surface area contributed by atoms with Gasteiger partial charge < -0.3 is 15.4 Å². The molecule has 1 aromatic carbocycles. The quantitative estimate of drug-likeness (QED) is 0.876. The van der Waals surface area contributed by atoms with Crippen molar-refractivity contribution in [2.75, 3.05) is 6.61 Å². The topological polar surface area (TPSA) is 93.2 Å². The third-order valence-corrected chi connectivity index (χ3v) is 3.86. The Hall–Kier alpha value is -2.48. The third-order valence-electron chi connectivity index (χ3n) is 2.89. The van der Waals surface area contributed by atoms with Crippen molar-refractivity contribution in [3.63, 3.8) is 0 Å². The Morgan fingerprint density at radius 2 is 2.19 bits per heavy atom. The van der Waals surface area contributed by atoms with E-state index in [1.807, 2.05) is 30.3 Å². The van der Waals surface area contributed by atoms with Crippen LogP contribution in [0.3, 0.4) is 0 Å². The first-order valence-corrected chi connectivity index (χ1v) is 7.13. The predicted octanol–water partition coefficient (Wildman–Crippen LogP) is 0.930. The SMILES string of the molecule is O=C1NC(C(=O)NCc2nnc(-c3ccccc3)s2)CO1. The first-order valence-electron chi connectivity index (χ1n) is 6.31. The summed E-state index contributed by atoms with van der Waals surface area (Å²) in [6.45, 7) is 0.325. The standard InChI is InChI=1S/C13H12N4O3S/c18-11(9-7-20-13(19)15-9)14-6-10-16-17-12(21-10)8-4-2-1-3-5-8/h1-5,9H,6-7H2,(H,14,18)(H,15,19). The molecule has 1 aliphatic heterocycles. The maximum Gasteiger partial charge on any atom is 0.407 e. The summed E-state index contributed by atoms with van der Waals surface area (Å²) in [5.41, 5.74) is 0.990. The van der Waals surface area contributed by atoms with Crippen molar-refractivity contribution in [2.45, 2.75) is 12.6 Å². The number of hydrogen-bond donors (Lipinski definition) is 2. The molecule has 2 N–H and O–H groups in total. The van der Waals surface area contributed by atoms with Crippen molar-refractivity contribution in [1.82, 2.24) is 20.8 Å². The number of cyclic esters (lactones) is 1. The lowest BCUT2D eigenvalue weighted by Crippen LogP contribution is -2.42. The number of aromatic nitrogens is 2. The lowest BCUT2D eigenvalue weighted by Gasteiger charge is -2.06. The van der Waals surface area contributed by atoms with Gasteiger partial charge in [0.05, 0.1) is 6.54 Å². The van der Waals surface area contributed by atoms with E-state index in [1.54, 1.807) is 0 Å². The van der Waals surface area contributed by atoms with Gasteiger partial charge in [0.2, 0.25) is 5.91 Å². The molecule has 1 unspecified atom stereocenters. The number of amides is 2. The van der Waals surface area contributed by atoms with Crippen LogP contribution in [-0.2, 0) is 16.1 Å². The van der Waals surface area contributed by atoms with E-state index in [9.17, 15) is 9.59 Å². The third kappa shape index (κ3) is 3.16. The van der Waals surface area contributed by atoms with Gasteiger partial charge in [0.25, 0.3) is 0 Å². The molecule has 0 spiro atoms. The molecule has 8 heteroatoms. The van der Waals surface area contributed by atoms with Gasteiger partial charge in [0.15, 0.2) is 0 Å². The molecule has 1 aliphatic rings. The summed E-state index contributed by atoms with van der Waals surface area (Å²) in [6.07, 6.45) is -0.572. The monoisotopic (exact) mass is 304 g/mol. The fourth-order valence-electron chi connectivity index (χ4n) is 1.83. The molecule has 2 aromatic rings. The van der Waals surface area contributed by atoms with Gasteiger partial charge in [0, 0.05) is 5.56 Å². The summed E-state index contributed by atoms with van der Waals surface area (Å²) in [6, 6.07) is 9.06. The van der Waals surface area contributed by atoms with Crippen molar-refractivity contribution >= 4 is 23.3 Å². The van der Waals surface area contributed by atoms with Gasteiger partial charge in [-0.1, -0.05) is 41.7 Å². The van der Waals surface area contributed by atoms with Crippen molar-refractivity contribution < 1.29 is 14.3 Å². The fraction of sp³-hybridized carbons (Fsp3) is 0.231. The van der Waals surface area contributed by atoms with Crippen LogP contribution >= 0.6 is 11.3 Å². The van der Waals surface area contributed by atoms with Crippen LogP contribution in [0.2, 0.25) is 0 Å². The first-order chi connectivity index (χ1) is 10.2. The molecule has 1 aromatic heterocycles. The van der Waals surface area contributed by atoms with Gasteiger partial charge in [-0.2, -0.15) is 0 Å². The average Bonchev–Trinajstić information content (AvgIpc) is 3.15. The van der Waals surface area contributed by atoms with Crippen molar-refractivity contribution in [3.8, 4) is 10.6 Å². The number of hydrogen-bond acceptors (Lipinski definition) is 6. The Labute approximate surface area is 124 Å². The molecular weight excluding hydrogens is 292 g/mol. The average molecular weight is 304 g/mol. The zero-order valence-electron chi connectivity index (χ0n) is 10.9. The van der Waals surface area contributed by atoms with Crippen LogP contribution in [0.1, 0.15) is 5.01 Å². The van der Waals surface area contributed by atoms with Gasteiger partial charge in [-0.25, -0.2) is 4.79 Å². The van der Waals surface area contributed by atoms with Crippen LogP contribution in [0.4, 0.5) is 4.79 Å². The minimum atomic E-state index is -0.640. The van der Waals surface area contributed by atoms with Gasteiger partial charge in [-0.05, 0) is 0 Å². The van der Waals surface area contributed by atoms with Crippen LogP contribution in [0, 0.1) is 0 Å². The second-order valence-corrected chi connectivity index (χ2v) is 5.44. The Morgan fingerprint density at radius 1 is 1.38 bits per heavy atom. The number of ether oxygens (including phenoxy) is 1. The first kappa shape index (κ1) is 13.5. The molecular formula is C13H12N4O3S. The van der Waals surface area contributed by atoms with Crippen LogP contribution in [0.5, 0.6) is 0 Å². The highest BCUT2D eigenvalue weighted by atomic mass is 32.1. The molecule has 3 rings (SSSR count). The van der Waals surface area contributed by atoms with E-state index in [1.165, 1.54) is 11.3 Å². The number of nitrogens with zero attached hydrogens (tertiary/aromatic N) is 2. The van der Waals surface area contributed by atoms with Crippen molar-refractivity contribution in [1.29, 1.82) is 0 Å². The van der Waals surface area contributed by atoms with Crippen LogP contribution in [0.25, 0.3) is 10.6 Å². The van der Waals surface area contributed by atoms with Crippen LogP contribution in [0.15, 0.2) is 30.3 Å². The normalized spacial score (nSPS) is 17.1. The second kappa shape index (κ2) is 5.88. The fourth-order valence-corrected chi connectivity index (χ4v) is 2.62. The lowest BCUT2D eigenvalue weighted by atomic mass is 10.2. The summed E-state index contributed by atoms with van der Waals surface area (Å²) in [5, 5.41) is 14.8. The van der Waals surface area contributed by atoms with E-state index in [-0.39, 0.29) is 19.1 Å². The molecule has 0 saturated carbocycles. The van der Waals surface area contributed by atoms with Gasteiger partial charge >= 0.3 is 6.09 Å². The molecule has 1 atom stereocenters. The summed E-state index contributed by atoms with van der Waals surface area (Å²) < 4.78 is 4.66. The van der Waals surface area contributed by atoms with Crippen LogP contribution < -0.4 is 10.6 Å². The molecule has 0 bridgehead atoms. The second-order valence-electron chi connectivity index (χ2n) is 4.38. The van der Waals surface area contributed by atoms with Gasteiger partial charge in [0.1, 0.15) is 22.7 Å². The largest absolute Gasteiger partial charge is 0.447 e. The minimum Gasteiger partial charge on any atom is -0.447 e. The van der Waals surface area contributed by atoms with Crippen molar-refractivity contribution in [2.24, 2.45) is 0 Å². The Morgan fingerprint density at radius 3 is 2.90 bits per heavy atom. The van der Waals surface area contributed by atoms with E-state index in [0.29, 0.717) is 5.01 Å². The summed E-state index contributed by atoms with van der Waals surface area (Å²) in [5.74, 6) is -0.294. The molecule has 108 valence electrons. The number of carbonyl (C=O) groups is 2. The van der Waals surface area contributed by atoms with Crippen LogP contribution in [-0.4, -0.2) is 34.8 Å². The highest BCUT2D eigenvalue weighted by molar-refractivity contribution is 7.14. The zero-order valence-corrected chi connectivity index (χ0v) is 11.7. The Balaban J connectivity index is 1.58. The summed E-state index contributed by atoms with van der Waals surface area (Å²) in [7, 11) is 0. The molecule has 21 heavy (non-hydrogen) atoms. The van der Waals surface area contributed by atoms with Gasteiger partial charge in [-0.15, -0.1) is 10.2 Å². The van der Waals surface area contributed by atoms with Crippen molar-refractivity contribution in [3.05, 3.63) is 35.3 Å². The number of alkyl carbamates (subject to hydrolysis) is 1. The highest BCUT2D eigenvalue weighted by Crippen LogP contribution is 2.22. The van der Waals surface area contributed by atoms with E-state index >= 15 is 0 Å². The molecule has 0 aliphatic carbocycles. The molecule has 0 radical (unpaired) electrons. The smallest absolute Gasteiger partial charge is 0.407 e. The molecule has 2 amide bonds. The van der Waals surface area contributed by atoms with E-state index in [2.05, 4.69) is 25.6 Å². The molecule has 1 fully saturated rings. The van der Waals surface area contributed by atoms with E-state index < -0.39 is 12.1 Å². The molecule has 2 heterocycles. The maximum atomic E-state index is 11.8. The van der Waals surface area contributed by atoms with E-state index in [4.69, 9.17) is 0 Å². The Bertz CT molecular complexity index is 658. The number of carbonyl (C=O) groups excluding carboxylic acids is 2.